The van der Waals surface area contributed by atoms with E-state index in [-0.39, 0.29) is 18.4 Å². The Labute approximate surface area is 199 Å². The van der Waals surface area contributed by atoms with Crippen LogP contribution in [-0.4, -0.2) is 53.0 Å². The number of aryl methyl sites for hydroxylation is 1. The van der Waals surface area contributed by atoms with E-state index < -0.39 is 5.38 Å². The van der Waals surface area contributed by atoms with Crippen LogP contribution in [0.5, 0.6) is 0 Å². The van der Waals surface area contributed by atoms with Crippen LogP contribution in [-0.2, 0) is 34.5 Å². The van der Waals surface area contributed by atoms with Crippen LogP contribution in [0.2, 0.25) is 0 Å². The van der Waals surface area contributed by atoms with Crippen LogP contribution in [0.4, 0.5) is 0 Å². The standard InChI is InChI=1S/C25H30ClN3O4/c1-27-13-6-11-21(27)17-29(18-22-12-7-16-33-22)23(30)19-28(14-8-15-32-2)25(31)24(26)20-9-4-3-5-10-20/h3-7,9-13,16,24H,8,14-15,17-19H2,1-2H3. The third kappa shape index (κ3) is 6.97. The highest BCUT2D eigenvalue weighted by Crippen LogP contribution is 2.23. The van der Waals surface area contributed by atoms with Crippen molar-refractivity contribution in [1.82, 2.24) is 14.4 Å². The van der Waals surface area contributed by atoms with Crippen LogP contribution in [0.15, 0.2) is 71.5 Å². The highest BCUT2D eigenvalue weighted by molar-refractivity contribution is 6.30. The predicted octanol–water partition coefficient (Wildman–Crippen LogP) is 3.99. The molecule has 8 heteroatoms. The zero-order chi connectivity index (χ0) is 23.6. The van der Waals surface area contributed by atoms with E-state index in [9.17, 15) is 9.59 Å². The summed E-state index contributed by atoms with van der Waals surface area (Å²) in [5.74, 6) is 0.189. The Morgan fingerprint density at radius 2 is 1.85 bits per heavy atom. The molecule has 0 saturated carbocycles. The fraction of sp³-hybridized carbons (Fsp3) is 0.360. The summed E-state index contributed by atoms with van der Waals surface area (Å²) in [6.07, 6.45) is 4.12. The van der Waals surface area contributed by atoms with E-state index in [1.165, 1.54) is 4.90 Å². The summed E-state index contributed by atoms with van der Waals surface area (Å²) in [5.41, 5.74) is 1.68. The lowest BCUT2D eigenvalue weighted by Crippen LogP contribution is -2.44. The number of aromatic nitrogens is 1. The Morgan fingerprint density at radius 3 is 2.48 bits per heavy atom. The number of amides is 2. The van der Waals surface area contributed by atoms with E-state index in [1.54, 1.807) is 24.3 Å². The van der Waals surface area contributed by atoms with Crippen molar-refractivity contribution >= 4 is 23.4 Å². The first-order valence-electron chi connectivity index (χ1n) is 10.9. The zero-order valence-electron chi connectivity index (χ0n) is 19.0. The number of ether oxygens (including phenoxy) is 1. The molecule has 0 aliphatic rings. The molecule has 33 heavy (non-hydrogen) atoms. The molecule has 3 aromatic rings. The summed E-state index contributed by atoms with van der Waals surface area (Å²) in [5, 5.41) is -0.868. The molecule has 0 fully saturated rings. The van der Waals surface area contributed by atoms with Gasteiger partial charge in [0.2, 0.25) is 11.8 Å². The average molecular weight is 472 g/mol. The van der Waals surface area contributed by atoms with Gasteiger partial charge in [-0.25, -0.2) is 0 Å². The van der Waals surface area contributed by atoms with Crippen molar-refractivity contribution in [2.45, 2.75) is 24.9 Å². The molecule has 0 aliphatic heterocycles. The lowest BCUT2D eigenvalue weighted by molar-refractivity contribution is -0.141. The minimum Gasteiger partial charge on any atom is -0.467 e. The fourth-order valence-electron chi connectivity index (χ4n) is 3.53. The van der Waals surface area contributed by atoms with E-state index in [0.29, 0.717) is 44.0 Å². The zero-order valence-corrected chi connectivity index (χ0v) is 19.8. The van der Waals surface area contributed by atoms with Crippen molar-refractivity contribution in [3.05, 3.63) is 84.1 Å². The molecule has 1 unspecified atom stereocenters. The fourth-order valence-corrected chi connectivity index (χ4v) is 3.82. The second kappa shape index (κ2) is 12.3. The van der Waals surface area contributed by atoms with Crippen LogP contribution in [0, 0.1) is 0 Å². The van der Waals surface area contributed by atoms with Crippen LogP contribution in [0.3, 0.4) is 0 Å². The number of benzene rings is 1. The highest BCUT2D eigenvalue weighted by atomic mass is 35.5. The molecule has 0 radical (unpaired) electrons. The van der Waals surface area contributed by atoms with Crippen LogP contribution < -0.4 is 0 Å². The van der Waals surface area contributed by atoms with E-state index in [0.717, 1.165) is 5.69 Å². The van der Waals surface area contributed by atoms with Crippen molar-refractivity contribution in [3.63, 3.8) is 0 Å². The smallest absolute Gasteiger partial charge is 0.245 e. The Bertz CT molecular complexity index is 1000. The first-order chi connectivity index (χ1) is 16.0. The number of nitrogens with zero attached hydrogens (tertiary/aromatic N) is 3. The first-order valence-corrected chi connectivity index (χ1v) is 11.3. The summed E-state index contributed by atoms with van der Waals surface area (Å²) in [6, 6.07) is 16.7. The number of methoxy groups -OCH3 is 1. The number of hydrogen-bond acceptors (Lipinski definition) is 4. The molecule has 2 aromatic heterocycles. The average Bonchev–Trinajstić information content (AvgIpc) is 3.49. The van der Waals surface area contributed by atoms with Crippen LogP contribution >= 0.6 is 11.6 Å². The first kappa shape index (κ1) is 24.6. The normalized spacial score (nSPS) is 11.8. The third-order valence-corrected chi connectivity index (χ3v) is 5.85. The van der Waals surface area contributed by atoms with Gasteiger partial charge in [0.1, 0.15) is 11.1 Å². The maximum absolute atomic E-state index is 13.4. The van der Waals surface area contributed by atoms with Gasteiger partial charge in [0.05, 0.1) is 25.9 Å². The van der Waals surface area contributed by atoms with Crippen molar-refractivity contribution in [2.75, 3.05) is 26.8 Å². The van der Waals surface area contributed by atoms with Gasteiger partial charge in [-0.05, 0) is 36.2 Å². The van der Waals surface area contributed by atoms with Gasteiger partial charge >= 0.3 is 0 Å². The van der Waals surface area contributed by atoms with Crippen molar-refractivity contribution in [2.24, 2.45) is 7.05 Å². The van der Waals surface area contributed by atoms with Crippen molar-refractivity contribution in [1.29, 1.82) is 0 Å². The van der Waals surface area contributed by atoms with Crippen LogP contribution in [0.1, 0.15) is 28.8 Å². The molecular formula is C25H30ClN3O4. The number of furan rings is 1. The number of hydrogen-bond donors (Lipinski definition) is 0. The number of halogens is 1. The lowest BCUT2D eigenvalue weighted by atomic mass is 10.1. The number of carbonyl (C=O) groups is 2. The van der Waals surface area contributed by atoms with Gasteiger partial charge in [-0.15, -0.1) is 11.6 Å². The number of alkyl halides is 1. The second-order valence-corrected chi connectivity index (χ2v) is 8.26. The van der Waals surface area contributed by atoms with E-state index >= 15 is 0 Å². The monoisotopic (exact) mass is 471 g/mol. The quantitative estimate of drug-likeness (QED) is 0.296. The lowest BCUT2D eigenvalue weighted by Gasteiger charge is -2.28. The Hall–Kier alpha value is -3.03. The SMILES string of the molecule is COCCCN(CC(=O)N(Cc1ccco1)Cc1cccn1C)C(=O)C(Cl)c1ccccc1. The Kier molecular flexibility index (Phi) is 9.15. The number of carbonyl (C=O) groups excluding carboxylic acids is 2. The summed E-state index contributed by atoms with van der Waals surface area (Å²) in [6.45, 7) is 1.47. The van der Waals surface area contributed by atoms with Gasteiger partial charge in [0, 0.05) is 39.2 Å². The third-order valence-electron chi connectivity index (χ3n) is 5.41. The van der Waals surface area contributed by atoms with Crippen LogP contribution in [0.25, 0.3) is 0 Å². The maximum atomic E-state index is 13.4. The summed E-state index contributed by atoms with van der Waals surface area (Å²) < 4.78 is 12.6. The van der Waals surface area contributed by atoms with Gasteiger partial charge in [-0.3, -0.25) is 9.59 Å². The van der Waals surface area contributed by atoms with E-state index in [4.69, 9.17) is 20.8 Å². The number of rotatable bonds is 12. The van der Waals surface area contributed by atoms with Gasteiger partial charge in [-0.2, -0.15) is 0 Å². The molecule has 0 spiro atoms. The Morgan fingerprint density at radius 1 is 1.06 bits per heavy atom. The topological polar surface area (TPSA) is 67.9 Å². The molecular weight excluding hydrogens is 442 g/mol. The van der Waals surface area contributed by atoms with E-state index in [2.05, 4.69) is 0 Å². The molecule has 0 bridgehead atoms. The van der Waals surface area contributed by atoms with Crippen molar-refractivity contribution in [3.8, 4) is 0 Å². The summed E-state index contributed by atoms with van der Waals surface area (Å²) in [4.78, 5) is 29.9. The van der Waals surface area contributed by atoms with Gasteiger partial charge < -0.3 is 23.5 Å². The van der Waals surface area contributed by atoms with E-state index in [1.807, 2.05) is 66.3 Å². The molecule has 1 atom stereocenters. The molecule has 3 rings (SSSR count). The molecule has 2 amide bonds. The summed E-state index contributed by atoms with van der Waals surface area (Å²) >= 11 is 6.51. The second-order valence-electron chi connectivity index (χ2n) is 7.82. The van der Waals surface area contributed by atoms with Gasteiger partial charge in [0.15, 0.2) is 0 Å². The molecule has 7 nitrogen and oxygen atoms in total. The predicted molar refractivity (Wildman–Crippen MR) is 126 cm³/mol. The molecule has 0 saturated heterocycles. The molecule has 176 valence electrons. The maximum Gasteiger partial charge on any atom is 0.245 e. The Balaban J connectivity index is 1.77. The molecule has 1 aromatic carbocycles. The largest absolute Gasteiger partial charge is 0.467 e. The molecule has 0 N–H and O–H groups in total. The van der Waals surface area contributed by atoms with Gasteiger partial charge in [-0.1, -0.05) is 30.3 Å². The molecule has 0 aliphatic carbocycles. The van der Waals surface area contributed by atoms with Gasteiger partial charge in [0.25, 0.3) is 0 Å². The highest BCUT2D eigenvalue weighted by Gasteiger charge is 2.27. The summed E-state index contributed by atoms with van der Waals surface area (Å²) in [7, 11) is 3.54. The van der Waals surface area contributed by atoms with Crippen molar-refractivity contribution < 1.29 is 18.7 Å². The minimum absolute atomic E-state index is 0.0796. The molecule has 2 heterocycles. The minimum atomic E-state index is -0.868.